The van der Waals surface area contributed by atoms with E-state index >= 15 is 0 Å². The van der Waals surface area contributed by atoms with E-state index in [2.05, 4.69) is 27.3 Å². The molecule has 1 aromatic heterocycles. The van der Waals surface area contributed by atoms with Gasteiger partial charge in [-0.3, -0.25) is 0 Å². The van der Waals surface area contributed by atoms with Crippen LogP contribution >= 0.6 is 27.3 Å². The summed E-state index contributed by atoms with van der Waals surface area (Å²) in [5.41, 5.74) is 2.40. The maximum absolute atomic E-state index is 13.4. The minimum atomic E-state index is -0.285. The largest absolute Gasteiger partial charge is 0.380 e. The Labute approximate surface area is 117 Å². The van der Waals surface area contributed by atoms with Crippen LogP contribution in [0.1, 0.15) is 16.0 Å². The average Bonchev–Trinajstić information content (AvgIpc) is 2.80. The molecule has 2 aromatic rings. The van der Waals surface area contributed by atoms with Crippen molar-refractivity contribution in [3.8, 4) is 6.07 Å². The number of nitrogens with one attached hydrogen (secondary N) is 1. The monoisotopic (exact) mass is 324 g/mol. The molecule has 1 N–H and O–H groups in total. The van der Waals surface area contributed by atoms with Crippen LogP contribution in [0.25, 0.3) is 0 Å². The van der Waals surface area contributed by atoms with Crippen LogP contribution in [-0.4, -0.2) is 0 Å². The Balaban J connectivity index is 2.11. The second kappa shape index (κ2) is 5.51. The van der Waals surface area contributed by atoms with Crippen molar-refractivity contribution in [2.45, 2.75) is 13.5 Å². The Bertz CT molecular complexity index is 616. The zero-order valence-electron chi connectivity index (χ0n) is 9.63. The van der Waals surface area contributed by atoms with Gasteiger partial charge in [-0.2, -0.15) is 5.26 Å². The topological polar surface area (TPSA) is 35.8 Å². The standard InChI is InChI=1S/C13H10BrFN2S/c1-8-2-11(14)12(15)4-13(8)17-6-10-3-9(5-16)7-18-10/h2-4,7,17H,6H2,1H3. The van der Waals surface area contributed by atoms with Crippen LogP contribution in [0.2, 0.25) is 0 Å². The summed E-state index contributed by atoms with van der Waals surface area (Å²) in [7, 11) is 0. The fraction of sp³-hybridized carbons (Fsp3) is 0.154. The summed E-state index contributed by atoms with van der Waals surface area (Å²) in [6.07, 6.45) is 0. The summed E-state index contributed by atoms with van der Waals surface area (Å²) >= 11 is 4.67. The Hall–Kier alpha value is -1.38. The van der Waals surface area contributed by atoms with E-state index in [0.29, 0.717) is 16.6 Å². The maximum Gasteiger partial charge on any atom is 0.139 e. The first-order valence-electron chi connectivity index (χ1n) is 5.27. The van der Waals surface area contributed by atoms with Crippen molar-refractivity contribution in [1.82, 2.24) is 0 Å². The van der Waals surface area contributed by atoms with Gasteiger partial charge in [-0.1, -0.05) is 0 Å². The number of aryl methyl sites for hydroxylation is 1. The van der Waals surface area contributed by atoms with Gasteiger partial charge in [0.1, 0.15) is 11.9 Å². The lowest BCUT2D eigenvalue weighted by atomic mass is 10.2. The van der Waals surface area contributed by atoms with E-state index in [1.165, 1.54) is 17.4 Å². The number of nitrogens with zero attached hydrogens (tertiary/aromatic N) is 1. The van der Waals surface area contributed by atoms with Gasteiger partial charge in [-0.25, -0.2) is 4.39 Å². The van der Waals surface area contributed by atoms with Crippen molar-refractivity contribution in [3.05, 3.63) is 49.9 Å². The minimum Gasteiger partial charge on any atom is -0.380 e. The fourth-order valence-corrected chi connectivity index (χ4v) is 2.76. The van der Waals surface area contributed by atoms with Crippen molar-refractivity contribution in [1.29, 1.82) is 5.26 Å². The molecule has 92 valence electrons. The third kappa shape index (κ3) is 2.89. The molecule has 0 unspecified atom stereocenters. The van der Waals surface area contributed by atoms with Crippen LogP contribution in [0.4, 0.5) is 10.1 Å². The zero-order valence-corrected chi connectivity index (χ0v) is 12.0. The molecular weight excluding hydrogens is 315 g/mol. The first-order valence-corrected chi connectivity index (χ1v) is 6.94. The number of rotatable bonds is 3. The molecule has 2 rings (SSSR count). The van der Waals surface area contributed by atoms with Gasteiger partial charge in [-0.15, -0.1) is 11.3 Å². The highest BCUT2D eigenvalue weighted by molar-refractivity contribution is 9.10. The number of hydrogen-bond donors (Lipinski definition) is 1. The minimum absolute atomic E-state index is 0.285. The molecule has 0 aliphatic carbocycles. The fourth-order valence-electron chi connectivity index (χ4n) is 1.55. The van der Waals surface area contributed by atoms with Crippen molar-refractivity contribution in [2.24, 2.45) is 0 Å². The van der Waals surface area contributed by atoms with Crippen molar-refractivity contribution < 1.29 is 4.39 Å². The van der Waals surface area contributed by atoms with Crippen LogP contribution in [-0.2, 0) is 6.54 Å². The normalized spacial score (nSPS) is 10.1. The molecule has 1 aromatic carbocycles. The molecule has 0 saturated heterocycles. The molecule has 0 radical (unpaired) electrons. The Kier molecular flexibility index (Phi) is 4.00. The molecule has 0 amide bonds. The lowest BCUT2D eigenvalue weighted by molar-refractivity contribution is 0.621. The number of nitriles is 1. The van der Waals surface area contributed by atoms with E-state index in [-0.39, 0.29) is 5.82 Å². The number of benzene rings is 1. The van der Waals surface area contributed by atoms with Crippen LogP contribution in [0.3, 0.4) is 0 Å². The predicted molar refractivity (Wildman–Crippen MR) is 75.2 cm³/mol. The third-order valence-corrected chi connectivity index (χ3v) is 4.05. The van der Waals surface area contributed by atoms with E-state index in [4.69, 9.17) is 5.26 Å². The van der Waals surface area contributed by atoms with Gasteiger partial charge in [0.2, 0.25) is 0 Å². The van der Waals surface area contributed by atoms with Crippen molar-refractivity contribution in [2.75, 3.05) is 5.32 Å². The molecule has 18 heavy (non-hydrogen) atoms. The van der Waals surface area contributed by atoms with Gasteiger partial charge < -0.3 is 5.32 Å². The number of hydrogen-bond acceptors (Lipinski definition) is 3. The van der Waals surface area contributed by atoms with Gasteiger partial charge in [0, 0.05) is 22.5 Å². The van der Waals surface area contributed by atoms with Gasteiger partial charge in [0.25, 0.3) is 0 Å². The Morgan fingerprint density at radius 2 is 2.22 bits per heavy atom. The van der Waals surface area contributed by atoms with E-state index in [1.807, 2.05) is 18.4 Å². The van der Waals surface area contributed by atoms with Crippen LogP contribution in [0.5, 0.6) is 0 Å². The van der Waals surface area contributed by atoms with Gasteiger partial charge in [-0.05, 0) is 46.6 Å². The second-order valence-electron chi connectivity index (χ2n) is 3.85. The smallest absolute Gasteiger partial charge is 0.139 e. The highest BCUT2D eigenvalue weighted by Gasteiger charge is 2.06. The lowest BCUT2D eigenvalue weighted by Crippen LogP contribution is -2.00. The summed E-state index contributed by atoms with van der Waals surface area (Å²) in [5.74, 6) is -0.285. The molecule has 0 atom stereocenters. The molecule has 5 heteroatoms. The highest BCUT2D eigenvalue weighted by Crippen LogP contribution is 2.25. The predicted octanol–water partition coefficient (Wildman–Crippen LogP) is 4.44. The first-order chi connectivity index (χ1) is 8.60. The lowest BCUT2D eigenvalue weighted by Gasteiger charge is -2.09. The molecule has 0 fully saturated rings. The molecule has 0 aliphatic rings. The van der Waals surface area contributed by atoms with Gasteiger partial charge >= 0.3 is 0 Å². The summed E-state index contributed by atoms with van der Waals surface area (Å²) in [6, 6.07) is 7.14. The van der Waals surface area contributed by atoms with Gasteiger partial charge in [0.05, 0.1) is 10.0 Å². The molecule has 0 bridgehead atoms. The van der Waals surface area contributed by atoms with Crippen molar-refractivity contribution in [3.63, 3.8) is 0 Å². The van der Waals surface area contributed by atoms with E-state index in [1.54, 1.807) is 6.07 Å². The van der Waals surface area contributed by atoms with Crippen LogP contribution in [0, 0.1) is 24.1 Å². The number of thiophene rings is 1. The number of halogens is 2. The highest BCUT2D eigenvalue weighted by atomic mass is 79.9. The second-order valence-corrected chi connectivity index (χ2v) is 5.70. The molecule has 0 saturated carbocycles. The quantitative estimate of drug-likeness (QED) is 0.905. The average molecular weight is 325 g/mol. The first kappa shape index (κ1) is 13.1. The van der Waals surface area contributed by atoms with Crippen LogP contribution < -0.4 is 5.32 Å². The third-order valence-electron chi connectivity index (χ3n) is 2.50. The summed E-state index contributed by atoms with van der Waals surface area (Å²) in [5, 5.41) is 13.7. The maximum atomic E-state index is 13.4. The Morgan fingerprint density at radius 3 is 2.89 bits per heavy atom. The molecular formula is C13H10BrFN2S. The zero-order chi connectivity index (χ0) is 13.1. The summed E-state index contributed by atoms with van der Waals surface area (Å²) in [6.45, 7) is 2.51. The van der Waals surface area contributed by atoms with Gasteiger partial charge in [0.15, 0.2) is 0 Å². The SMILES string of the molecule is Cc1cc(Br)c(F)cc1NCc1cc(C#N)cs1. The van der Waals surface area contributed by atoms with Crippen LogP contribution in [0.15, 0.2) is 28.1 Å². The Morgan fingerprint density at radius 1 is 1.44 bits per heavy atom. The molecule has 0 aliphatic heterocycles. The van der Waals surface area contributed by atoms with Crippen molar-refractivity contribution >= 4 is 33.0 Å². The molecule has 1 heterocycles. The molecule has 2 nitrogen and oxygen atoms in total. The summed E-state index contributed by atoms with van der Waals surface area (Å²) < 4.78 is 13.9. The van der Waals surface area contributed by atoms with E-state index in [0.717, 1.165) is 16.1 Å². The number of anilines is 1. The molecule has 0 spiro atoms. The van der Waals surface area contributed by atoms with E-state index in [9.17, 15) is 4.39 Å². The summed E-state index contributed by atoms with van der Waals surface area (Å²) in [4.78, 5) is 1.05. The van der Waals surface area contributed by atoms with E-state index < -0.39 is 0 Å².